The van der Waals surface area contributed by atoms with Gasteiger partial charge < -0.3 is 9.67 Å². The molecule has 0 aromatic carbocycles. The average Bonchev–Trinajstić information content (AvgIpc) is 2.89. The van der Waals surface area contributed by atoms with Crippen LogP contribution in [0.4, 0.5) is 0 Å². The summed E-state index contributed by atoms with van der Waals surface area (Å²) in [4.78, 5) is 11.0. The van der Waals surface area contributed by atoms with Gasteiger partial charge in [-0.05, 0) is 31.7 Å². The fourth-order valence-corrected chi connectivity index (χ4v) is 2.12. The van der Waals surface area contributed by atoms with Crippen LogP contribution in [0.1, 0.15) is 60.4 Å². The van der Waals surface area contributed by atoms with E-state index in [1.165, 1.54) is 12.8 Å². The number of aromatic carboxylic acids is 1. The summed E-state index contributed by atoms with van der Waals surface area (Å²) in [6, 6.07) is 2.39. The lowest BCUT2D eigenvalue weighted by Gasteiger charge is -2.12. The maximum Gasteiger partial charge on any atom is 0.337 e. The van der Waals surface area contributed by atoms with Crippen molar-refractivity contribution >= 4 is 5.97 Å². The van der Waals surface area contributed by atoms with Gasteiger partial charge in [-0.15, -0.1) is 0 Å². The van der Waals surface area contributed by atoms with Gasteiger partial charge in [0.05, 0.1) is 5.56 Å². The minimum absolute atomic E-state index is 0.386. The largest absolute Gasteiger partial charge is 0.478 e. The van der Waals surface area contributed by atoms with Gasteiger partial charge >= 0.3 is 5.97 Å². The van der Waals surface area contributed by atoms with E-state index in [9.17, 15) is 4.79 Å². The Morgan fingerprint density at radius 1 is 1.53 bits per heavy atom. The molecular formula is C12H17NO2. The summed E-state index contributed by atoms with van der Waals surface area (Å²) in [6.07, 6.45) is 2.38. The molecule has 0 atom stereocenters. The number of carboxylic acid groups (broad SMARTS) is 1. The minimum atomic E-state index is -0.811. The van der Waals surface area contributed by atoms with Crippen LogP contribution in [0.3, 0.4) is 0 Å². The maximum absolute atomic E-state index is 11.0. The monoisotopic (exact) mass is 207 g/mol. The van der Waals surface area contributed by atoms with Gasteiger partial charge in [0.15, 0.2) is 0 Å². The van der Waals surface area contributed by atoms with Crippen LogP contribution in [0.15, 0.2) is 6.07 Å². The predicted molar refractivity (Wildman–Crippen MR) is 58.5 cm³/mol. The molecular weight excluding hydrogens is 190 g/mol. The molecule has 0 bridgehead atoms. The smallest absolute Gasteiger partial charge is 0.337 e. The second-order valence-electron chi connectivity index (χ2n) is 4.63. The van der Waals surface area contributed by atoms with E-state index >= 15 is 0 Å². The molecule has 1 aromatic heterocycles. The molecule has 0 radical (unpaired) electrons. The number of aromatic nitrogens is 1. The lowest BCUT2D eigenvalue weighted by molar-refractivity contribution is 0.0696. The fourth-order valence-electron chi connectivity index (χ4n) is 2.12. The van der Waals surface area contributed by atoms with Crippen molar-refractivity contribution < 1.29 is 9.90 Å². The molecule has 0 unspecified atom stereocenters. The van der Waals surface area contributed by atoms with E-state index in [4.69, 9.17) is 5.11 Å². The summed E-state index contributed by atoms with van der Waals surface area (Å²) in [5, 5.41) is 9.07. The number of rotatable bonds is 3. The van der Waals surface area contributed by atoms with Gasteiger partial charge in [0, 0.05) is 17.4 Å². The van der Waals surface area contributed by atoms with Gasteiger partial charge in [0.25, 0.3) is 0 Å². The van der Waals surface area contributed by atoms with Crippen molar-refractivity contribution in [2.24, 2.45) is 0 Å². The standard InChI is InChI=1S/C12H17NO2/c1-7(2)11-6-10(12(14)15)8(3)13(11)9-4-5-9/h6-7,9H,4-5H2,1-3H3,(H,14,15). The number of carboxylic acids is 1. The zero-order chi connectivity index (χ0) is 11.2. The Hall–Kier alpha value is -1.25. The van der Waals surface area contributed by atoms with Gasteiger partial charge in [-0.1, -0.05) is 13.8 Å². The predicted octanol–water partition coefficient (Wildman–Crippen LogP) is 2.95. The molecule has 3 heteroatoms. The first kappa shape index (κ1) is 10.3. The van der Waals surface area contributed by atoms with Gasteiger partial charge in [0.2, 0.25) is 0 Å². The summed E-state index contributed by atoms with van der Waals surface area (Å²) in [7, 11) is 0. The first-order chi connectivity index (χ1) is 7.02. The van der Waals surface area contributed by atoms with Gasteiger partial charge in [-0.25, -0.2) is 4.79 Å². The normalized spacial score (nSPS) is 16.0. The van der Waals surface area contributed by atoms with Crippen molar-refractivity contribution in [2.45, 2.75) is 45.6 Å². The Morgan fingerprint density at radius 2 is 2.13 bits per heavy atom. The van der Waals surface area contributed by atoms with E-state index in [2.05, 4.69) is 18.4 Å². The van der Waals surface area contributed by atoms with Crippen LogP contribution in [0.2, 0.25) is 0 Å². The van der Waals surface area contributed by atoms with Crippen LogP contribution in [-0.4, -0.2) is 15.6 Å². The molecule has 1 aliphatic rings. The number of nitrogens with zero attached hydrogens (tertiary/aromatic N) is 1. The molecule has 1 N–H and O–H groups in total. The molecule has 0 aliphatic heterocycles. The van der Waals surface area contributed by atoms with Crippen LogP contribution in [0.5, 0.6) is 0 Å². The summed E-state index contributed by atoms with van der Waals surface area (Å²) in [5.41, 5.74) is 2.53. The minimum Gasteiger partial charge on any atom is -0.478 e. The van der Waals surface area contributed by atoms with Crippen LogP contribution in [0, 0.1) is 6.92 Å². The summed E-state index contributed by atoms with van der Waals surface area (Å²) < 4.78 is 2.22. The Labute approximate surface area is 89.7 Å². The van der Waals surface area contributed by atoms with Crippen molar-refractivity contribution in [1.29, 1.82) is 0 Å². The molecule has 0 saturated heterocycles. The highest BCUT2D eigenvalue weighted by Gasteiger charge is 2.30. The lowest BCUT2D eigenvalue weighted by atomic mass is 10.1. The molecule has 1 fully saturated rings. The van der Waals surface area contributed by atoms with Crippen LogP contribution >= 0.6 is 0 Å². The van der Waals surface area contributed by atoms with E-state index in [-0.39, 0.29) is 0 Å². The molecule has 2 rings (SSSR count). The van der Waals surface area contributed by atoms with Crippen molar-refractivity contribution in [3.8, 4) is 0 Å². The summed E-state index contributed by atoms with van der Waals surface area (Å²) >= 11 is 0. The zero-order valence-electron chi connectivity index (χ0n) is 9.45. The van der Waals surface area contributed by atoms with Crippen molar-refractivity contribution in [1.82, 2.24) is 4.57 Å². The summed E-state index contributed by atoms with van der Waals surface area (Å²) in [6.45, 7) is 6.13. The topological polar surface area (TPSA) is 42.2 Å². The van der Waals surface area contributed by atoms with Gasteiger partial charge in [-0.2, -0.15) is 0 Å². The van der Waals surface area contributed by atoms with Crippen LogP contribution in [0.25, 0.3) is 0 Å². The van der Waals surface area contributed by atoms with E-state index in [1.807, 2.05) is 13.0 Å². The van der Waals surface area contributed by atoms with E-state index in [0.717, 1.165) is 11.4 Å². The van der Waals surface area contributed by atoms with E-state index < -0.39 is 5.97 Å². The highest BCUT2D eigenvalue weighted by molar-refractivity contribution is 5.89. The SMILES string of the molecule is Cc1c(C(=O)O)cc(C(C)C)n1C1CC1. The van der Waals surface area contributed by atoms with Gasteiger partial charge in [0.1, 0.15) is 0 Å². The molecule has 1 saturated carbocycles. The second kappa shape index (κ2) is 3.40. The van der Waals surface area contributed by atoms with Crippen LogP contribution in [-0.2, 0) is 0 Å². The van der Waals surface area contributed by atoms with Crippen molar-refractivity contribution in [3.05, 3.63) is 23.0 Å². The van der Waals surface area contributed by atoms with Crippen LogP contribution < -0.4 is 0 Å². The third kappa shape index (κ3) is 1.66. The highest BCUT2D eigenvalue weighted by atomic mass is 16.4. The fraction of sp³-hybridized carbons (Fsp3) is 0.583. The Balaban J connectivity index is 2.53. The Kier molecular flexibility index (Phi) is 2.33. The second-order valence-corrected chi connectivity index (χ2v) is 4.63. The number of hydrogen-bond acceptors (Lipinski definition) is 1. The average molecular weight is 207 g/mol. The molecule has 1 aromatic rings. The number of hydrogen-bond donors (Lipinski definition) is 1. The molecule has 15 heavy (non-hydrogen) atoms. The van der Waals surface area contributed by atoms with Crippen molar-refractivity contribution in [2.75, 3.05) is 0 Å². The quantitative estimate of drug-likeness (QED) is 0.828. The maximum atomic E-state index is 11.0. The van der Waals surface area contributed by atoms with E-state index in [0.29, 0.717) is 17.5 Å². The van der Waals surface area contributed by atoms with Gasteiger partial charge in [-0.3, -0.25) is 0 Å². The molecule has 3 nitrogen and oxygen atoms in total. The van der Waals surface area contributed by atoms with Crippen molar-refractivity contribution in [3.63, 3.8) is 0 Å². The van der Waals surface area contributed by atoms with E-state index in [1.54, 1.807) is 0 Å². The highest BCUT2D eigenvalue weighted by Crippen LogP contribution is 2.40. The first-order valence-electron chi connectivity index (χ1n) is 5.47. The Morgan fingerprint density at radius 3 is 2.53 bits per heavy atom. The molecule has 0 spiro atoms. The molecule has 82 valence electrons. The Bertz CT molecular complexity index is 400. The lowest BCUT2D eigenvalue weighted by Crippen LogP contribution is -2.05. The third-order valence-electron chi connectivity index (χ3n) is 3.06. The third-order valence-corrected chi connectivity index (χ3v) is 3.06. The zero-order valence-corrected chi connectivity index (χ0v) is 9.45. The first-order valence-corrected chi connectivity index (χ1v) is 5.47. The number of carbonyl (C=O) groups is 1. The molecule has 0 amide bonds. The molecule has 1 aliphatic carbocycles. The molecule has 1 heterocycles. The summed E-state index contributed by atoms with van der Waals surface area (Å²) in [5.74, 6) is -0.425.